The molecule has 1 aliphatic rings. The van der Waals surface area contributed by atoms with Crippen molar-refractivity contribution < 1.29 is 9.59 Å². The quantitative estimate of drug-likeness (QED) is 0.359. The van der Waals surface area contributed by atoms with Gasteiger partial charge in [0.1, 0.15) is 0 Å². The first-order valence-corrected chi connectivity index (χ1v) is 13.5. The number of hydrogen-bond acceptors (Lipinski definition) is 3. The molecule has 0 radical (unpaired) electrons. The molecule has 1 unspecified atom stereocenters. The number of carbonyl (C=O) groups excluding carboxylic acids is 2. The van der Waals surface area contributed by atoms with Crippen LogP contribution < -0.4 is 15.5 Å². The summed E-state index contributed by atoms with van der Waals surface area (Å²) in [6, 6.07) is 26.3. The largest absolute Gasteiger partial charge is 0.371 e. The SMILES string of the molecule is CCC(C(=O)Nc1ccc(N2CCC(Cc3ccccc3)CC2)c(C(=O)NC(C)C)c1)c1ccccc1. The number of nitrogens with zero attached hydrogens (tertiary/aromatic N) is 1. The fourth-order valence-electron chi connectivity index (χ4n) is 5.22. The number of benzene rings is 3. The molecule has 1 heterocycles. The molecule has 3 aromatic carbocycles. The van der Waals surface area contributed by atoms with Crippen LogP contribution in [0.2, 0.25) is 0 Å². The molecule has 2 N–H and O–H groups in total. The second kappa shape index (κ2) is 12.6. The lowest BCUT2D eigenvalue weighted by Gasteiger charge is -2.35. The van der Waals surface area contributed by atoms with Crippen LogP contribution in [-0.2, 0) is 11.2 Å². The molecule has 194 valence electrons. The van der Waals surface area contributed by atoms with Crippen molar-refractivity contribution in [3.8, 4) is 0 Å². The molecule has 1 aliphatic heterocycles. The van der Waals surface area contributed by atoms with Crippen molar-refractivity contribution in [2.75, 3.05) is 23.3 Å². The second-order valence-corrected chi connectivity index (χ2v) is 10.3. The van der Waals surface area contributed by atoms with Crippen molar-refractivity contribution in [1.82, 2.24) is 5.32 Å². The zero-order valence-electron chi connectivity index (χ0n) is 22.2. The maximum Gasteiger partial charge on any atom is 0.253 e. The molecule has 0 aliphatic carbocycles. The highest BCUT2D eigenvalue weighted by atomic mass is 16.2. The minimum atomic E-state index is -0.238. The summed E-state index contributed by atoms with van der Waals surface area (Å²) in [4.78, 5) is 28.7. The molecular weight excluding hydrogens is 458 g/mol. The third-order valence-corrected chi connectivity index (χ3v) is 7.18. The van der Waals surface area contributed by atoms with E-state index in [1.165, 1.54) is 5.56 Å². The first-order valence-electron chi connectivity index (χ1n) is 13.5. The summed E-state index contributed by atoms with van der Waals surface area (Å²) < 4.78 is 0. The standard InChI is InChI=1S/C32H39N3O2/c1-4-28(26-13-9-6-10-14-26)31(36)34-27-15-16-30(29(22-27)32(37)33-23(2)3)35-19-17-25(18-20-35)21-24-11-7-5-8-12-24/h5-16,22-23,25,28H,4,17-21H2,1-3H3,(H,33,37)(H,34,36). The van der Waals surface area contributed by atoms with Gasteiger partial charge in [0.15, 0.2) is 0 Å². The summed E-state index contributed by atoms with van der Waals surface area (Å²) in [5.41, 5.74) is 4.58. The molecule has 0 saturated carbocycles. The number of piperidine rings is 1. The molecule has 0 bridgehead atoms. The van der Waals surface area contributed by atoms with Gasteiger partial charge in [0.05, 0.1) is 11.5 Å². The Hall–Kier alpha value is -3.60. The van der Waals surface area contributed by atoms with Crippen LogP contribution in [-0.4, -0.2) is 30.9 Å². The van der Waals surface area contributed by atoms with E-state index in [4.69, 9.17) is 0 Å². The molecule has 37 heavy (non-hydrogen) atoms. The Morgan fingerprint density at radius 3 is 2.19 bits per heavy atom. The van der Waals surface area contributed by atoms with Gasteiger partial charge in [0, 0.05) is 30.5 Å². The summed E-state index contributed by atoms with van der Waals surface area (Å²) in [6.07, 6.45) is 3.98. The van der Waals surface area contributed by atoms with Crippen molar-refractivity contribution >= 4 is 23.2 Å². The summed E-state index contributed by atoms with van der Waals surface area (Å²) in [5, 5.41) is 6.11. The predicted octanol–water partition coefficient (Wildman–Crippen LogP) is 6.42. The maximum atomic E-state index is 13.2. The van der Waals surface area contributed by atoms with Gasteiger partial charge in [-0.1, -0.05) is 67.6 Å². The van der Waals surface area contributed by atoms with Gasteiger partial charge < -0.3 is 15.5 Å². The zero-order valence-corrected chi connectivity index (χ0v) is 22.2. The van der Waals surface area contributed by atoms with Gasteiger partial charge >= 0.3 is 0 Å². The van der Waals surface area contributed by atoms with Gasteiger partial charge in [0.2, 0.25) is 5.91 Å². The molecule has 0 aromatic heterocycles. The molecule has 1 atom stereocenters. The van der Waals surface area contributed by atoms with E-state index in [1.807, 2.05) is 69.3 Å². The summed E-state index contributed by atoms with van der Waals surface area (Å²) >= 11 is 0. The van der Waals surface area contributed by atoms with E-state index in [2.05, 4.69) is 45.9 Å². The summed E-state index contributed by atoms with van der Waals surface area (Å²) in [6.45, 7) is 7.77. The zero-order chi connectivity index (χ0) is 26.2. The minimum absolute atomic E-state index is 0.0257. The van der Waals surface area contributed by atoms with Crippen LogP contribution in [0, 0.1) is 5.92 Å². The van der Waals surface area contributed by atoms with Crippen LogP contribution in [0.15, 0.2) is 78.9 Å². The van der Waals surface area contributed by atoms with Crippen molar-refractivity contribution in [3.63, 3.8) is 0 Å². The number of anilines is 2. The van der Waals surface area contributed by atoms with Crippen molar-refractivity contribution in [3.05, 3.63) is 95.6 Å². The molecule has 5 heteroatoms. The highest BCUT2D eigenvalue weighted by Gasteiger charge is 2.25. The second-order valence-electron chi connectivity index (χ2n) is 10.3. The number of hydrogen-bond donors (Lipinski definition) is 2. The van der Waals surface area contributed by atoms with E-state index < -0.39 is 0 Å². The average molecular weight is 498 g/mol. The van der Waals surface area contributed by atoms with Gasteiger partial charge in [0.25, 0.3) is 5.91 Å². The Kier molecular flexibility index (Phi) is 8.99. The Morgan fingerprint density at radius 1 is 0.919 bits per heavy atom. The molecule has 4 rings (SSSR count). The van der Waals surface area contributed by atoms with E-state index in [1.54, 1.807) is 0 Å². The van der Waals surface area contributed by atoms with E-state index in [-0.39, 0.29) is 23.8 Å². The lowest BCUT2D eigenvalue weighted by Crippen LogP contribution is -2.37. The van der Waals surface area contributed by atoms with Gasteiger partial charge in [-0.05, 0) is 74.8 Å². The highest BCUT2D eigenvalue weighted by Crippen LogP contribution is 2.31. The molecule has 1 fully saturated rings. The molecule has 2 amide bonds. The van der Waals surface area contributed by atoms with Gasteiger partial charge in [-0.25, -0.2) is 0 Å². The first-order chi connectivity index (χ1) is 17.9. The van der Waals surface area contributed by atoms with E-state index in [0.29, 0.717) is 23.6 Å². The topological polar surface area (TPSA) is 61.4 Å². The van der Waals surface area contributed by atoms with E-state index >= 15 is 0 Å². The van der Waals surface area contributed by atoms with E-state index in [0.717, 1.165) is 43.6 Å². The highest BCUT2D eigenvalue weighted by molar-refractivity contribution is 6.03. The number of nitrogens with one attached hydrogen (secondary N) is 2. The lowest BCUT2D eigenvalue weighted by molar-refractivity contribution is -0.117. The van der Waals surface area contributed by atoms with Crippen LogP contribution in [0.4, 0.5) is 11.4 Å². The average Bonchev–Trinajstić information content (AvgIpc) is 2.90. The number of amides is 2. The van der Waals surface area contributed by atoms with Crippen LogP contribution in [0.25, 0.3) is 0 Å². The fraction of sp³-hybridized carbons (Fsp3) is 0.375. The minimum Gasteiger partial charge on any atom is -0.371 e. The fourth-order valence-corrected chi connectivity index (χ4v) is 5.22. The Bertz CT molecular complexity index is 1170. The summed E-state index contributed by atoms with van der Waals surface area (Å²) in [5.74, 6) is 0.243. The van der Waals surface area contributed by atoms with Crippen molar-refractivity contribution in [2.24, 2.45) is 5.92 Å². The van der Waals surface area contributed by atoms with Gasteiger partial charge in [-0.2, -0.15) is 0 Å². The predicted molar refractivity (Wildman–Crippen MR) is 152 cm³/mol. The van der Waals surface area contributed by atoms with Crippen LogP contribution >= 0.6 is 0 Å². The third-order valence-electron chi connectivity index (χ3n) is 7.18. The Labute approximate surface area is 221 Å². The first kappa shape index (κ1) is 26.5. The Morgan fingerprint density at radius 2 is 1.57 bits per heavy atom. The smallest absolute Gasteiger partial charge is 0.253 e. The summed E-state index contributed by atoms with van der Waals surface area (Å²) in [7, 11) is 0. The molecule has 0 spiro atoms. The maximum absolute atomic E-state index is 13.2. The molecular formula is C32H39N3O2. The van der Waals surface area contributed by atoms with Gasteiger partial charge in [-0.15, -0.1) is 0 Å². The van der Waals surface area contributed by atoms with Crippen LogP contribution in [0.3, 0.4) is 0 Å². The molecule has 1 saturated heterocycles. The third kappa shape index (κ3) is 7.00. The number of rotatable bonds is 9. The molecule has 3 aromatic rings. The van der Waals surface area contributed by atoms with E-state index in [9.17, 15) is 9.59 Å². The Balaban J connectivity index is 1.50. The van der Waals surface area contributed by atoms with Crippen molar-refractivity contribution in [1.29, 1.82) is 0 Å². The lowest BCUT2D eigenvalue weighted by atomic mass is 9.89. The van der Waals surface area contributed by atoms with Crippen LogP contribution in [0.5, 0.6) is 0 Å². The van der Waals surface area contributed by atoms with Crippen LogP contribution in [0.1, 0.15) is 67.4 Å². The monoisotopic (exact) mass is 497 g/mol. The normalized spacial score (nSPS) is 14.9. The molecule has 5 nitrogen and oxygen atoms in total. The number of carbonyl (C=O) groups is 2. The van der Waals surface area contributed by atoms with Crippen molar-refractivity contribution in [2.45, 2.75) is 58.4 Å². The van der Waals surface area contributed by atoms with Gasteiger partial charge in [-0.3, -0.25) is 9.59 Å².